The van der Waals surface area contributed by atoms with E-state index in [2.05, 4.69) is 10.6 Å². The largest absolute Gasteiger partial charge is 0.490 e. The molecule has 0 aromatic heterocycles. The van der Waals surface area contributed by atoms with Crippen LogP contribution in [0, 0.1) is 11.3 Å². The number of hydrogen-bond acceptors (Lipinski definition) is 6. The van der Waals surface area contributed by atoms with E-state index in [1.165, 1.54) is 19.4 Å². The fraction of sp³-hybridized carbons (Fsp3) is 0.516. The van der Waals surface area contributed by atoms with E-state index in [-0.39, 0.29) is 29.6 Å². The fourth-order valence-electron chi connectivity index (χ4n) is 3.75. The van der Waals surface area contributed by atoms with Crippen molar-refractivity contribution < 1.29 is 29.0 Å². The van der Waals surface area contributed by atoms with Gasteiger partial charge in [-0.2, -0.15) is 0 Å². The van der Waals surface area contributed by atoms with E-state index in [0.717, 1.165) is 11.1 Å². The van der Waals surface area contributed by atoms with E-state index in [4.69, 9.17) is 9.47 Å². The van der Waals surface area contributed by atoms with Gasteiger partial charge >= 0.3 is 5.97 Å². The van der Waals surface area contributed by atoms with Crippen LogP contribution < -0.4 is 10.6 Å². The first-order chi connectivity index (χ1) is 18.2. The first-order valence-corrected chi connectivity index (χ1v) is 13.3. The van der Waals surface area contributed by atoms with E-state index < -0.39 is 23.5 Å². The van der Waals surface area contributed by atoms with Crippen LogP contribution >= 0.6 is 0 Å². The molecule has 1 aliphatic rings. The van der Waals surface area contributed by atoms with E-state index >= 15 is 0 Å². The van der Waals surface area contributed by atoms with Crippen LogP contribution in [0.3, 0.4) is 0 Å². The van der Waals surface area contributed by atoms with Gasteiger partial charge in [0.05, 0.1) is 13.2 Å². The van der Waals surface area contributed by atoms with Gasteiger partial charge in [0.25, 0.3) is 0 Å². The summed E-state index contributed by atoms with van der Waals surface area (Å²) in [4.78, 5) is 37.1. The topological polar surface area (TPSA) is 114 Å². The molecular formula is C31H46N2O6. The van der Waals surface area contributed by atoms with Gasteiger partial charge in [-0.05, 0) is 51.3 Å². The summed E-state index contributed by atoms with van der Waals surface area (Å²) in [6.07, 6.45) is 16.3. The number of nitrogens with one attached hydrogen (secondary N) is 2. The van der Waals surface area contributed by atoms with Crippen molar-refractivity contribution in [3.8, 4) is 0 Å². The molecule has 0 radical (unpaired) electrons. The highest BCUT2D eigenvalue weighted by atomic mass is 16.6. The zero-order valence-electron chi connectivity index (χ0n) is 24.6. The molecule has 0 aliphatic carbocycles. The number of carbonyl (C=O) groups excluding carboxylic acids is 3. The highest BCUT2D eigenvalue weighted by Crippen LogP contribution is 2.23. The van der Waals surface area contributed by atoms with Gasteiger partial charge in [0.1, 0.15) is 12.1 Å². The maximum Gasteiger partial charge on any atom is 0.373 e. The monoisotopic (exact) mass is 542 g/mol. The lowest BCUT2D eigenvalue weighted by atomic mass is 9.86. The zero-order valence-corrected chi connectivity index (χ0v) is 24.6. The number of ether oxygens (including phenoxy) is 2. The number of hydrogen-bond donors (Lipinski definition) is 3. The van der Waals surface area contributed by atoms with Crippen molar-refractivity contribution in [2.75, 3.05) is 7.11 Å². The van der Waals surface area contributed by atoms with Crippen LogP contribution in [0.2, 0.25) is 0 Å². The lowest BCUT2D eigenvalue weighted by molar-refractivity contribution is -0.151. The minimum Gasteiger partial charge on any atom is -0.490 e. The molecule has 0 saturated carbocycles. The summed E-state index contributed by atoms with van der Waals surface area (Å²) in [5.74, 6) is -0.945. The Balaban J connectivity index is 2.64. The molecule has 3 N–H and O–H groups in total. The van der Waals surface area contributed by atoms with Gasteiger partial charge in [0.2, 0.25) is 11.8 Å². The molecule has 1 rings (SSSR count). The van der Waals surface area contributed by atoms with Crippen LogP contribution in [-0.2, 0) is 23.9 Å². The third-order valence-corrected chi connectivity index (χ3v) is 6.01. The van der Waals surface area contributed by atoms with Gasteiger partial charge in [-0.1, -0.05) is 75.3 Å². The number of amides is 2. The molecule has 216 valence electrons. The molecule has 1 aliphatic heterocycles. The highest BCUT2D eigenvalue weighted by molar-refractivity contribution is 5.93. The van der Waals surface area contributed by atoms with Crippen molar-refractivity contribution in [3.05, 3.63) is 71.7 Å². The van der Waals surface area contributed by atoms with Gasteiger partial charge in [-0.25, -0.2) is 4.79 Å². The van der Waals surface area contributed by atoms with Gasteiger partial charge in [-0.3, -0.25) is 9.59 Å². The Kier molecular flexibility index (Phi) is 14.3. The summed E-state index contributed by atoms with van der Waals surface area (Å²) < 4.78 is 10.4. The summed E-state index contributed by atoms with van der Waals surface area (Å²) in [6.45, 7) is 13.5. The second-order valence-electron chi connectivity index (χ2n) is 11.1. The number of rotatable bonds is 13. The van der Waals surface area contributed by atoms with Gasteiger partial charge in [-0.15, -0.1) is 0 Å². The third-order valence-electron chi connectivity index (χ3n) is 6.01. The minimum absolute atomic E-state index is 0.00118. The normalized spacial score (nSPS) is 18.9. The van der Waals surface area contributed by atoms with Gasteiger partial charge in [0, 0.05) is 18.4 Å². The average molecular weight is 543 g/mol. The molecule has 1 heterocycles. The second kappa shape index (κ2) is 16.5. The first-order valence-electron chi connectivity index (χ1n) is 13.3. The molecule has 0 bridgehead atoms. The van der Waals surface area contributed by atoms with Crippen molar-refractivity contribution in [3.63, 3.8) is 0 Å². The number of allylic oxidation sites excluding steroid dienone is 5. The summed E-state index contributed by atoms with van der Waals surface area (Å²) in [7, 11) is 1.44. The molecule has 0 aromatic rings. The van der Waals surface area contributed by atoms with E-state index in [9.17, 15) is 19.5 Å². The number of esters is 1. The summed E-state index contributed by atoms with van der Waals surface area (Å²) in [6, 6.07) is -0.757. The molecule has 8 heteroatoms. The molecule has 0 fully saturated rings. The Morgan fingerprint density at radius 3 is 2.44 bits per heavy atom. The number of cyclic esters (lactones) is 1. The van der Waals surface area contributed by atoms with Gasteiger partial charge < -0.3 is 25.2 Å². The SMILES string of the molecule is COC1=CC[C@@H]([C@@H](C)/C=C(C)/C=C\C=C/C(=O)N[C@H](C(=O)N/C=C\C[C@@H](O)CC=C(C)C)C(C)(C)C)OC1=O. The summed E-state index contributed by atoms with van der Waals surface area (Å²) in [5, 5.41) is 15.5. The Morgan fingerprint density at radius 2 is 1.85 bits per heavy atom. The van der Waals surface area contributed by atoms with E-state index in [0.29, 0.717) is 19.3 Å². The second-order valence-corrected chi connectivity index (χ2v) is 11.1. The molecule has 8 nitrogen and oxygen atoms in total. The molecule has 2 amide bonds. The van der Waals surface area contributed by atoms with Crippen molar-refractivity contribution in [1.82, 2.24) is 10.6 Å². The minimum atomic E-state index is -0.757. The van der Waals surface area contributed by atoms with Crippen molar-refractivity contribution in [1.29, 1.82) is 0 Å². The van der Waals surface area contributed by atoms with Crippen LogP contribution in [0.5, 0.6) is 0 Å². The van der Waals surface area contributed by atoms with Crippen molar-refractivity contribution >= 4 is 17.8 Å². The van der Waals surface area contributed by atoms with Gasteiger partial charge in [0.15, 0.2) is 5.76 Å². The lowest BCUT2D eigenvalue weighted by Crippen LogP contribution is -2.52. The number of carbonyl (C=O) groups is 3. The lowest BCUT2D eigenvalue weighted by Gasteiger charge is -2.29. The van der Waals surface area contributed by atoms with Crippen molar-refractivity contribution in [2.24, 2.45) is 11.3 Å². The van der Waals surface area contributed by atoms with Crippen LogP contribution in [0.1, 0.15) is 67.7 Å². The molecular weight excluding hydrogens is 496 g/mol. The molecule has 4 atom stereocenters. The summed E-state index contributed by atoms with van der Waals surface area (Å²) in [5.41, 5.74) is 1.58. The van der Waals surface area contributed by atoms with Crippen LogP contribution in [-0.4, -0.2) is 48.2 Å². The van der Waals surface area contributed by atoms with E-state index in [1.54, 1.807) is 24.3 Å². The summed E-state index contributed by atoms with van der Waals surface area (Å²) >= 11 is 0. The standard InChI is InChI=1S/C31H46N2O6/c1-21(2)15-16-24(34)13-11-19-32-29(36)28(31(5,6)7)33-27(35)14-10-9-12-22(3)20-23(4)25-17-18-26(38-8)30(37)39-25/h9-12,14-15,18-20,23-25,28,34H,13,16-17H2,1-8H3,(H,32,36)(H,33,35)/b12-9-,14-10-,19-11-,22-20+/t23-,24+,25-,28+/m0/s1. The molecule has 0 spiro atoms. The number of methoxy groups -OCH3 is 1. The number of aliphatic hydroxyl groups is 1. The van der Waals surface area contributed by atoms with Crippen LogP contribution in [0.4, 0.5) is 0 Å². The Labute approximate surface area is 233 Å². The Bertz CT molecular complexity index is 1020. The quantitative estimate of drug-likeness (QED) is 0.133. The number of aliphatic hydroxyl groups excluding tert-OH is 1. The highest BCUT2D eigenvalue weighted by Gasteiger charge is 2.32. The fourth-order valence-corrected chi connectivity index (χ4v) is 3.75. The molecule has 0 unspecified atom stereocenters. The third kappa shape index (κ3) is 13.3. The maximum absolute atomic E-state index is 12.8. The Hall–Kier alpha value is -3.39. The van der Waals surface area contributed by atoms with Crippen LogP contribution in [0.25, 0.3) is 0 Å². The zero-order chi connectivity index (χ0) is 29.6. The molecule has 39 heavy (non-hydrogen) atoms. The smallest absolute Gasteiger partial charge is 0.373 e. The predicted molar refractivity (Wildman–Crippen MR) is 154 cm³/mol. The van der Waals surface area contributed by atoms with E-state index in [1.807, 2.05) is 66.7 Å². The molecule has 0 aromatic carbocycles. The molecule has 0 saturated heterocycles. The Morgan fingerprint density at radius 1 is 1.18 bits per heavy atom. The van der Waals surface area contributed by atoms with Crippen LogP contribution in [0.15, 0.2) is 71.7 Å². The predicted octanol–water partition coefficient (Wildman–Crippen LogP) is 4.80. The first kappa shape index (κ1) is 33.6. The maximum atomic E-state index is 12.8. The van der Waals surface area contributed by atoms with Crippen molar-refractivity contribution in [2.45, 2.75) is 86.0 Å². The average Bonchev–Trinajstić information content (AvgIpc) is 2.85.